The van der Waals surface area contributed by atoms with E-state index >= 15 is 0 Å². The van der Waals surface area contributed by atoms with Crippen LogP contribution in [0, 0.1) is 5.92 Å². The Kier molecular flexibility index (Phi) is 5.41. The number of carbonyl (C=O) groups excluding carboxylic acids is 1. The summed E-state index contributed by atoms with van der Waals surface area (Å²) >= 11 is 0. The van der Waals surface area contributed by atoms with Crippen molar-refractivity contribution in [3.05, 3.63) is 0 Å². The predicted molar refractivity (Wildman–Crippen MR) is 70.5 cm³/mol. The van der Waals surface area contributed by atoms with Gasteiger partial charge in [-0.2, -0.15) is 0 Å². The topological polar surface area (TPSA) is 53.6 Å². The van der Waals surface area contributed by atoms with Crippen molar-refractivity contribution in [2.24, 2.45) is 5.92 Å². The first-order valence-electron chi connectivity index (χ1n) is 7.07. The maximum absolute atomic E-state index is 12.1. The molecular formula is C13H25N3O2. The number of amides is 1. The normalized spacial score (nSPS) is 27.7. The van der Waals surface area contributed by atoms with Crippen LogP contribution < -0.4 is 10.6 Å². The Bertz CT molecular complexity index is 261. The minimum absolute atomic E-state index is 0.158. The second kappa shape index (κ2) is 7.07. The first-order valence-corrected chi connectivity index (χ1v) is 7.07. The zero-order chi connectivity index (χ0) is 12.8. The fourth-order valence-electron chi connectivity index (χ4n) is 2.65. The Morgan fingerprint density at radius 1 is 1.50 bits per heavy atom. The number of hydrogen-bond acceptors (Lipinski definition) is 4. The van der Waals surface area contributed by atoms with E-state index in [1.54, 1.807) is 0 Å². The molecule has 0 aromatic heterocycles. The fourth-order valence-corrected chi connectivity index (χ4v) is 2.65. The van der Waals surface area contributed by atoms with Gasteiger partial charge in [-0.25, -0.2) is 0 Å². The number of rotatable bonds is 4. The Morgan fingerprint density at radius 2 is 2.28 bits per heavy atom. The van der Waals surface area contributed by atoms with Crippen molar-refractivity contribution in [2.45, 2.75) is 25.8 Å². The van der Waals surface area contributed by atoms with Crippen LogP contribution in [0.5, 0.6) is 0 Å². The number of ether oxygens (including phenoxy) is 1. The Morgan fingerprint density at radius 3 is 2.94 bits per heavy atom. The molecule has 2 rings (SSSR count). The molecule has 2 aliphatic rings. The van der Waals surface area contributed by atoms with E-state index < -0.39 is 0 Å². The summed E-state index contributed by atoms with van der Waals surface area (Å²) < 4.78 is 5.32. The second-order valence-corrected chi connectivity index (χ2v) is 5.37. The minimum atomic E-state index is 0.158. The van der Waals surface area contributed by atoms with E-state index in [1.807, 2.05) is 0 Å². The molecule has 2 aliphatic heterocycles. The fraction of sp³-hybridized carbons (Fsp3) is 0.923. The molecule has 2 atom stereocenters. The lowest BCUT2D eigenvalue weighted by atomic mass is 9.98. The lowest BCUT2D eigenvalue weighted by Gasteiger charge is -2.30. The first kappa shape index (κ1) is 13.8. The van der Waals surface area contributed by atoms with E-state index in [1.165, 1.54) is 0 Å². The maximum atomic E-state index is 12.1. The first-order chi connectivity index (χ1) is 8.75. The predicted octanol–water partition coefficient (Wildman–Crippen LogP) is -0.177. The number of nitrogens with zero attached hydrogens (tertiary/aromatic N) is 1. The van der Waals surface area contributed by atoms with E-state index in [-0.39, 0.29) is 17.9 Å². The summed E-state index contributed by atoms with van der Waals surface area (Å²) in [7, 11) is 0. The van der Waals surface area contributed by atoms with Crippen molar-refractivity contribution in [2.75, 3.05) is 45.9 Å². The van der Waals surface area contributed by atoms with E-state index in [4.69, 9.17) is 4.74 Å². The van der Waals surface area contributed by atoms with Crippen LogP contribution in [0.25, 0.3) is 0 Å². The van der Waals surface area contributed by atoms with Crippen LogP contribution in [-0.2, 0) is 9.53 Å². The molecule has 0 aromatic rings. The van der Waals surface area contributed by atoms with Crippen LogP contribution in [0.2, 0.25) is 0 Å². The summed E-state index contributed by atoms with van der Waals surface area (Å²) in [5, 5.41) is 6.42. The van der Waals surface area contributed by atoms with E-state index in [2.05, 4.69) is 22.5 Å². The van der Waals surface area contributed by atoms with Gasteiger partial charge in [0.2, 0.25) is 5.91 Å². The van der Waals surface area contributed by atoms with Gasteiger partial charge in [-0.05, 0) is 26.3 Å². The summed E-state index contributed by atoms with van der Waals surface area (Å²) in [6.45, 7) is 8.47. The van der Waals surface area contributed by atoms with Gasteiger partial charge in [0, 0.05) is 32.2 Å². The molecule has 0 bridgehead atoms. The van der Waals surface area contributed by atoms with Crippen LogP contribution in [0.3, 0.4) is 0 Å². The van der Waals surface area contributed by atoms with Crippen LogP contribution in [0.1, 0.15) is 19.8 Å². The molecule has 1 amide bonds. The summed E-state index contributed by atoms with van der Waals surface area (Å²) in [6.07, 6.45) is 2.12. The van der Waals surface area contributed by atoms with Gasteiger partial charge in [0.1, 0.15) is 0 Å². The largest absolute Gasteiger partial charge is 0.379 e. The third kappa shape index (κ3) is 4.23. The highest BCUT2D eigenvalue weighted by atomic mass is 16.5. The molecule has 0 saturated carbocycles. The highest BCUT2D eigenvalue weighted by molar-refractivity contribution is 5.79. The molecule has 2 fully saturated rings. The third-order valence-corrected chi connectivity index (χ3v) is 3.69. The molecule has 0 spiro atoms. The highest BCUT2D eigenvalue weighted by Crippen LogP contribution is 2.10. The number of morpholine rings is 1. The number of nitrogens with one attached hydrogen (secondary N) is 2. The number of hydrogen-bond donors (Lipinski definition) is 2. The molecule has 2 saturated heterocycles. The van der Waals surface area contributed by atoms with Gasteiger partial charge in [-0.15, -0.1) is 0 Å². The van der Waals surface area contributed by atoms with Crippen molar-refractivity contribution < 1.29 is 9.53 Å². The molecule has 0 radical (unpaired) electrons. The number of piperidine rings is 1. The highest BCUT2D eigenvalue weighted by Gasteiger charge is 2.22. The zero-order valence-corrected chi connectivity index (χ0v) is 11.3. The summed E-state index contributed by atoms with van der Waals surface area (Å²) in [5.41, 5.74) is 0. The molecule has 18 heavy (non-hydrogen) atoms. The zero-order valence-electron chi connectivity index (χ0n) is 11.3. The monoisotopic (exact) mass is 255 g/mol. The lowest BCUT2D eigenvalue weighted by molar-refractivity contribution is -0.126. The molecule has 2 unspecified atom stereocenters. The minimum Gasteiger partial charge on any atom is -0.379 e. The molecule has 5 heteroatoms. The summed E-state index contributed by atoms with van der Waals surface area (Å²) in [4.78, 5) is 14.4. The molecular weight excluding hydrogens is 230 g/mol. The standard InChI is InChI=1S/C13H25N3O2/c1-11(10-16-5-7-18-8-6-16)15-13(17)12-3-2-4-14-9-12/h11-12,14H,2-10H2,1H3,(H,15,17). The maximum Gasteiger partial charge on any atom is 0.224 e. The second-order valence-electron chi connectivity index (χ2n) is 5.37. The van der Waals surface area contributed by atoms with Crippen molar-refractivity contribution in [3.8, 4) is 0 Å². The van der Waals surface area contributed by atoms with Gasteiger partial charge in [-0.3, -0.25) is 9.69 Å². The number of carbonyl (C=O) groups is 1. The van der Waals surface area contributed by atoms with Crippen LogP contribution in [-0.4, -0.2) is 62.8 Å². The van der Waals surface area contributed by atoms with Crippen molar-refractivity contribution in [1.29, 1.82) is 0 Å². The molecule has 104 valence electrons. The average Bonchev–Trinajstić information content (AvgIpc) is 2.40. The molecule has 2 heterocycles. The van der Waals surface area contributed by atoms with Gasteiger partial charge in [-0.1, -0.05) is 0 Å². The summed E-state index contributed by atoms with van der Waals surface area (Å²) in [6, 6.07) is 0.220. The average molecular weight is 255 g/mol. The molecule has 5 nitrogen and oxygen atoms in total. The van der Waals surface area contributed by atoms with Crippen molar-refractivity contribution >= 4 is 5.91 Å². The molecule has 0 aliphatic carbocycles. The van der Waals surface area contributed by atoms with Crippen LogP contribution in [0.4, 0.5) is 0 Å². The Hall–Kier alpha value is -0.650. The van der Waals surface area contributed by atoms with Crippen LogP contribution in [0.15, 0.2) is 0 Å². The Balaban J connectivity index is 1.68. The quantitative estimate of drug-likeness (QED) is 0.732. The lowest BCUT2D eigenvalue weighted by Crippen LogP contribution is -2.49. The van der Waals surface area contributed by atoms with Gasteiger partial charge in [0.25, 0.3) is 0 Å². The van der Waals surface area contributed by atoms with Crippen LogP contribution >= 0.6 is 0 Å². The third-order valence-electron chi connectivity index (χ3n) is 3.69. The SMILES string of the molecule is CC(CN1CCOCC1)NC(=O)C1CCCNC1. The van der Waals surface area contributed by atoms with E-state index in [0.717, 1.165) is 58.8 Å². The Labute approximate surface area is 109 Å². The van der Waals surface area contributed by atoms with Gasteiger partial charge >= 0.3 is 0 Å². The van der Waals surface area contributed by atoms with E-state index in [9.17, 15) is 4.79 Å². The van der Waals surface area contributed by atoms with Crippen molar-refractivity contribution in [1.82, 2.24) is 15.5 Å². The van der Waals surface area contributed by atoms with Gasteiger partial charge < -0.3 is 15.4 Å². The van der Waals surface area contributed by atoms with Crippen molar-refractivity contribution in [3.63, 3.8) is 0 Å². The van der Waals surface area contributed by atoms with Gasteiger partial charge in [0.15, 0.2) is 0 Å². The molecule has 2 N–H and O–H groups in total. The van der Waals surface area contributed by atoms with E-state index in [0.29, 0.717) is 0 Å². The summed E-state index contributed by atoms with van der Waals surface area (Å²) in [5.74, 6) is 0.369. The smallest absolute Gasteiger partial charge is 0.224 e. The molecule has 0 aromatic carbocycles. The van der Waals surface area contributed by atoms with Gasteiger partial charge in [0.05, 0.1) is 19.1 Å².